The van der Waals surface area contributed by atoms with Crippen molar-refractivity contribution in [3.8, 4) is 11.5 Å². The summed E-state index contributed by atoms with van der Waals surface area (Å²) in [5.74, 6) is 0.318. The van der Waals surface area contributed by atoms with Crippen molar-refractivity contribution in [2.45, 2.75) is 12.6 Å². The van der Waals surface area contributed by atoms with Crippen molar-refractivity contribution in [1.29, 1.82) is 0 Å². The predicted molar refractivity (Wildman–Crippen MR) is 103 cm³/mol. The summed E-state index contributed by atoms with van der Waals surface area (Å²) in [5, 5.41) is 0. The molecule has 0 aliphatic carbocycles. The summed E-state index contributed by atoms with van der Waals surface area (Å²) < 4.78 is 18.9. The lowest BCUT2D eigenvalue weighted by atomic mass is 10.0. The Kier molecular flexibility index (Phi) is 5.84. The molecule has 27 heavy (non-hydrogen) atoms. The van der Waals surface area contributed by atoms with E-state index in [0.29, 0.717) is 18.0 Å². The molecular formula is C22H21FN2O2. The first kappa shape index (κ1) is 18.6. The van der Waals surface area contributed by atoms with Crippen molar-refractivity contribution in [2.24, 2.45) is 5.73 Å². The van der Waals surface area contributed by atoms with Crippen LogP contribution in [0.5, 0.6) is 11.5 Å². The number of amides is 1. The van der Waals surface area contributed by atoms with Gasteiger partial charge in [-0.25, -0.2) is 4.39 Å². The van der Waals surface area contributed by atoms with Crippen LogP contribution in [-0.2, 0) is 11.3 Å². The van der Waals surface area contributed by atoms with E-state index in [4.69, 9.17) is 10.5 Å². The highest BCUT2D eigenvalue weighted by atomic mass is 19.1. The zero-order valence-electron chi connectivity index (χ0n) is 15.0. The fourth-order valence-electron chi connectivity index (χ4n) is 2.98. The highest BCUT2D eigenvalue weighted by molar-refractivity contribution is 5.81. The van der Waals surface area contributed by atoms with Crippen molar-refractivity contribution in [3.63, 3.8) is 0 Å². The topological polar surface area (TPSA) is 55.6 Å². The number of rotatable bonds is 7. The van der Waals surface area contributed by atoms with E-state index in [0.717, 1.165) is 11.1 Å². The largest absolute Gasteiger partial charge is 0.457 e. The van der Waals surface area contributed by atoms with Crippen LogP contribution in [0.2, 0.25) is 0 Å². The molecule has 4 nitrogen and oxygen atoms in total. The van der Waals surface area contributed by atoms with E-state index in [1.54, 1.807) is 12.1 Å². The molecule has 0 radical (unpaired) electrons. The molecule has 2 N–H and O–H groups in total. The molecule has 3 rings (SSSR count). The molecule has 0 spiro atoms. The molecule has 1 amide bonds. The van der Waals surface area contributed by atoms with Crippen LogP contribution in [-0.4, -0.2) is 17.9 Å². The van der Waals surface area contributed by atoms with Crippen LogP contribution in [0.4, 0.5) is 4.39 Å². The first-order chi connectivity index (χ1) is 13.0. The summed E-state index contributed by atoms with van der Waals surface area (Å²) in [6.45, 7) is 0.544. The molecule has 0 aliphatic rings. The Morgan fingerprint density at radius 2 is 1.70 bits per heavy atom. The van der Waals surface area contributed by atoms with Gasteiger partial charge in [-0.2, -0.15) is 0 Å². The third-order valence-electron chi connectivity index (χ3n) is 4.21. The molecule has 0 saturated carbocycles. The highest BCUT2D eigenvalue weighted by Gasteiger charge is 2.22. The van der Waals surface area contributed by atoms with Crippen LogP contribution in [0.3, 0.4) is 0 Å². The van der Waals surface area contributed by atoms with Gasteiger partial charge in [0, 0.05) is 12.6 Å². The lowest BCUT2D eigenvalue weighted by Crippen LogP contribution is -2.34. The van der Waals surface area contributed by atoms with E-state index in [1.165, 1.54) is 12.1 Å². The van der Waals surface area contributed by atoms with Gasteiger partial charge in [0.05, 0.1) is 0 Å². The predicted octanol–water partition coefficient (Wildman–Crippen LogP) is 4.28. The van der Waals surface area contributed by atoms with Gasteiger partial charge in [-0.05, 0) is 42.4 Å². The van der Waals surface area contributed by atoms with Crippen molar-refractivity contribution in [1.82, 2.24) is 4.90 Å². The third-order valence-corrected chi connectivity index (χ3v) is 4.21. The Bertz CT molecular complexity index is 898. The number of halogens is 1. The quantitative estimate of drug-likeness (QED) is 0.681. The van der Waals surface area contributed by atoms with Crippen molar-refractivity contribution in [3.05, 3.63) is 95.8 Å². The normalized spacial score (nSPS) is 12.0. The Balaban J connectivity index is 1.69. The van der Waals surface area contributed by atoms with E-state index in [2.05, 4.69) is 0 Å². The maximum Gasteiger partial charge on any atom is 0.239 e. The smallest absolute Gasteiger partial charge is 0.239 e. The average Bonchev–Trinajstić information content (AvgIpc) is 2.64. The van der Waals surface area contributed by atoms with Crippen LogP contribution in [0, 0.1) is 5.82 Å². The molecule has 0 aromatic heterocycles. The van der Waals surface area contributed by atoms with E-state index in [9.17, 15) is 9.18 Å². The summed E-state index contributed by atoms with van der Waals surface area (Å²) in [6.07, 6.45) is 0. The first-order valence-electron chi connectivity index (χ1n) is 8.60. The van der Waals surface area contributed by atoms with E-state index in [-0.39, 0.29) is 5.82 Å². The number of hydrogen-bond acceptors (Lipinski definition) is 3. The van der Waals surface area contributed by atoms with Gasteiger partial charge in [-0.3, -0.25) is 9.69 Å². The second-order valence-corrected chi connectivity index (χ2v) is 6.33. The minimum absolute atomic E-state index is 0.343. The lowest BCUT2D eigenvalue weighted by molar-refractivity contribution is -0.123. The summed E-state index contributed by atoms with van der Waals surface area (Å²) in [6, 6.07) is 22.4. The summed E-state index contributed by atoms with van der Waals surface area (Å²) in [4.78, 5) is 13.8. The molecule has 5 heteroatoms. The maximum absolute atomic E-state index is 13.2. The Morgan fingerprint density at radius 1 is 1.00 bits per heavy atom. The fourth-order valence-corrected chi connectivity index (χ4v) is 2.98. The molecule has 0 aliphatic heterocycles. The van der Waals surface area contributed by atoms with Crippen LogP contribution in [0.15, 0.2) is 78.9 Å². The molecule has 0 saturated heterocycles. The minimum Gasteiger partial charge on any atom is -0.457 e. The maximum atomic E-state index is 13.2. The third kappa shape index (κ3) is 4.92. The van der Waals surface area contributed by atoms with Crippen LogP contribution < -0.4 is 10.5 Å². The molecule has 1 atom stereocenters. The zero-order chi connectivity index (χ0) is 19.2. The van der Waals surface area contributed by atoms with Crippen LogP contribution >= 0.6 is 0 Å². The molecule has 0 bridgehead atoms. The number of carbonyl (C=O) groups excluding carboxylic acids is 1. The second kappa shape index (κ2) is 8.47. The molecule has 0 fully saturated rings. The average molecular weight is 364 g/mol. The summed E-state index contributed by atoms with van der Waals surface area (Å²) in [5.41, 5.74) is 7.48. The number of primary amides is 1. The van der Waals surface area contributed by atoms with Crippen LogP contribution in [0.25, 0.3) is 0 Å². The molecule has 3 aromatic carbocycles. The Hall–Kier alpha value is -3.18. The molecule has 0 unspecified atom stereocenters. The number of hydrogen-bond donors (Lipinski definition) is 1. The lowest BCUT2D eigenvalue weighted by Gasteiger charge is -2.26. The van der Waals surface area contributed by atoms with Gasteiger partial charge in [-0.15, -0.1) is 0 Å². The van der Waals surface area contributed by atoms with Gasteiger partial charge in [0.25, 0.3) is 0 Å². The highest BCUT2D eigenvalue weighted by Crippen LogP contribution is 2.24. The van der Waals surface area contributed by atoms with E-state index >= 15 is 0 Å². The zero-order valence-corrected chi connectivity index (χ0v) is 15.0. The van der Waals surface area contributed by atoms with Gasteiger partial charge < -0.3 is 10.5 Å². The monoisotopic (exact) mass is 364 g/mol. The number of ether oxygens (including phenoxy) is 1. The van der Waals surface area contributed by atoms with Crippen molar-refractivity contribution < 1.29 is 13.9 Å². The Morgan fingerprint density at radius 3 is 2.33 bits per heavy atom. The summed E-state index contributed by atoms with van der Waals surface area (Å²) >= 11 is 0. The fraction of sp³-hybridized carbons (Fsp3) is 0.136. The van der Waals surface area contributed by atoms with Gasteiger partial charge in [0.1, 0.15) is 23.4 Å². The van der Waals surface area contributed by atoms with Gasteiger partial charge in [-0.1, -0.05) is 48.5 Å². The second-order valence-electron chi connectivity index (χ2n) is 6.33. The van der Waals surface area contributed by atoms with E-state index in [1.807, 2.05) is 66.5 Å². The van der Waals surface area contributed by atoms with Gasteiger partial charge in [0.2, 0.25) is 5.91 Å². The first-order valence-corrected chi connectivity index (χ1v) is 8.60. The number of carbonyl (C=O) groups is 1. The van der Waals surface area contributed by atoms with Crippen LogP contribution in [0.1, 0.15) is 17.2 Å². The molecular weight excluding hydrogens is 343 g/mol. The van der Waals surface area contributed by atoms with Crippen molar-refractivity contribution >= 4 is 5.91 Å². The van der Waals surface area contributed by atoms with Gasteiger partial charge in [0.15, 0.2) is 0 Å². The number of likely N-dealkylation sites (N-methyl/N-ethyl adjacent to an activating group) is 1. The van der Waals surface area contributed by atoms with Crippen molar-refractivity contribution in [2.75, 3.05) is 7.05 Å². The SMILES string of the molecule is CN(Cc1ccc(Oc2cccc(F)c2)cc1)[C@@H](C(N)=O)c1ccccc1. The van der Waals surface area contributed by atoms with E-state index < -0.39 is 11.9 Å². The molecule has 138 valence electrons. The number of nitrogens with two attached hydrogens (primary N) is 1. The standard InChI is InChI=1S/C22H21FN2O2/c1-25(21(22(24)26)17-6-3-2-4-7-17)15-16-10-12-19(13-11-16)27-20-9-5-8-18(23)14-20/h2-14,21H,15H2,1H3,(H2,24,26)/t21-/m1/s1. The number of benzene rings is 3. The Labute approximate surface area is 158 Å². The molecule has 0 heterocycles. The summed E-state index contributed by atoms with van der Waals surface area (Å²) in [7, 11) is 1.86. The van der Waals surface area contributed by atoms with Gasteiger partial charge >= 0.3 is 0 Å². The molecule has 3 aromatic rings. The minimum atomic E-state index is -0.505. The number of nitrogens with zero attached hydrogens (tertiary/aromatic N) is 1.